The lowest BCUT2D eigenvalue weighted by molar-refractivity contribution is -0.132. The van der Waals surface area contributed by atoms with Gasteiger partial charge in [0, 0.05) is 61.4 Å². The van der Waals surface area contributed by atoms with Crippen molar-refractivity contribution >= 4 is 17.4 Å². The Morgan fingerprint density at radius 3 is 2.84 bits per heavy atom. The minimum atomic E-state index is 0.188. The molecule has 0 bridgehead atoms. The summed E-state index contributed by atoms with van der Waals surface area (Å²) in [5.41, 5.74) is 5.06. The SMILES string of the molecule is Cc1cc(Nc2ncccc2C)cc([C@H]2CCCN(C(=O)CCn3ccc(C)n3)C2)n1. The third kappa shape index (κ3) is 5.29. The van der Waals surface area contributed by atoms with E-state index in [1.54, 1.807) is 6.20 Å². The van der Waals surface area contributed by atoms with Crippen molar-refractivity contribution in [2.24, 2.45) is 0 Å². The molecule has 162 valence electrons. The number of piperidine rings is 1. The van der Waals surface area contributed by atoms with Crippen molar-refractivity contribution in [3.63, 3.8) is 0 Å². The van der Waals surface area contributed by atoms with Gasteiger partial charge in [-0.15, -0.1) is 0 Å². The van der Waals surface area contributed by atoms with Gasteiger partial charge in [0.1, 0.15) is 5.82 Å². The zero-order valence-electron chi connectivity index (χ0n) is 18.5. The summed E-state index contributed by atoms with van der Waals surface area (Å²) in [7, 11) is 0. The molecule has 1 aliphatic heterocycles. The highest BCUT2D eigenvalue weighted by molar-refractivity contribution is 5.76. The van der Waals surface area contributed by atoms with E-state index in [4.69, 9.17) is 4.98 Å². The number of nitrogens with one attached hydrogen (secondary N) is 1. The van der Waals surface area contributed by atoms with Crippen LogP contribution in [0.3, 0.4) is 0 Å². The maximum Gasteiger partial charge on any atom is 0.224 e. The van der Waals surface area contributed by atoms with Crippen molar-refractivity contribution in [1.29, 1.82) is 0 Å². The predicted molar refractivity (Wildman–Crippen MR) is 121 cm³/mol. The van der Waals surface area contributed by atoms with Crippen LogP contribution in [-0.4, -0.2) is 43.6 Å². The van der Waals surface area contributed by atoms with Gasteiger partial charge < -0.3 is 10.2 Å². The number of anilines is 2. The van der Waals surface area contributed by atoms with Crippen LogP contribution in [0.25, 0.3) is 0 Å². The zero-order chi connectivity index (χ0) is 21.8. The van der Waals surface area contributed by atoms with Crippen molar-refractivity contribution in [1.82, 2.24) is 24.6 Å². The molecule has 3 aromatic heterocycles. The molecule has 1 N–H and O–H groups in total. The maximum atomic E-state index is 12.8. The summed E-state index contributed by atoms with van der Waals surface area (Å²) < 4.78 is 1.84. The number of nitrogens with zero attached hydrogens (tertiary/aromatic N) is 5. The van der Waals surface area contributed by atoms with Gasteiger partial charge in [-0.25, -0.2) is 4.98 Å². The van der Waals surface area contributed by atoms with Crippen LogP contribution in [0.2, 0.25) is 0 Å². The number of aryl methyl sites for hydroxylation is 4. The largest absolute Gasteiger partial charge is 0.342 e. The van der Waals surface area contributed by atoms with Gasteiger partial charge in [-0.3, -0.25) is 14.5 Å². The highest BCUT2D eigenvalue weighted by Crippen LogP contribution is 2.29. The fourth-order valence-corrected chi connectivity index (χ4v) is 4.13. The van der Waals surface area contributed by atoms with Gasteiger partial charge in [0.15, 0.2) is 0 Å². The molecule has 7 heteroatoms. The Morgan fingerprint density at radius 1 is 1.19 bits per heavy atom. The molecule has 4 heterocycles. The third-order valence-corrected chi connectivity index (χ3v) is 5.77. The molecule has 7 nitrogen and oxygen atoms in total. The molecular formula is C24H30N6O. The Balaban J connectivity index is 1.43. The van der Waals surface area contributed by atoms with Crippen LogP contribution in [0.15, 0.2) is 42.7 Å². The number of carbonyl (C=O) groups is 1. The molecule has 1 aliphatic rings. The number of aromatic nitrogens is 4. The molecule has 0 aliphatic carbocycles. The van der Waals surface area contributed by atoms with Gasteiger partial charge >= 0.3 is 0 Å². The molecule has 0 spiro atoms. The van der Waals surface area contributed by atoms with Gasteiger partial charge in [0.2, 0.25) is 5.91 Å². The Hall–Kier alpha value is -3.22. The van der Waals surface area contributed by atoms with Crippen LogP contribution >= 0.6 is 0 Å². The highest BCUT2D eigenvalue weighted by atomic mass is 16.2. The summed E-state index contributed by atoms with van der Waals surface area (Å²) in [6, 6.07) is 10.1. The average molecular weight is 419 g/mol. The number of carbonyl (C=O) groups excluding carboxylic acids is 1. The predicted octanol–water partition coefficient (Wildman–Crippen LogP) is 4.14. The van der Waals surface area contributed by atoms with E-state index in [9.17, 15) is 4.79 Å². The first-order valence-electron chi connectivity index (χ1n) is 10.9. The minimum Gasteiger partial charge on any atom is -0.342 e. The number of amides is 1. The first-order valence-corrected chi connectivity index (χ1v) is 10.9. The van der Waals surface area contributed by atoms with Crippen molar-refractivity contribution in [2.75, 3.05) is 18.4 Å². The van der Waals surface area contributed by atoms with Crippen LogP contribution in [0.1, 0.15) is 47.8 Å². The molecule has 31 heavy (non-hydrogen) atoms. The molecule has 1 atom stereocenters. The Morgan fingerprint density at radius 2 is 2.06 bits per heavy atom. The molecule has 0 radical (unpaired) electrons. The van der Waals surface area contributed by atoms with E-state index < -0.39 is 0 Å². The summed E-state index contributed by atoms with van der Waals surface area (Å²) >= 11 is 0. The Bertz CT molecular complexity index is 1060. The standard InChI is InChI=1S/C24H30N6O/c1-17-6-4-10-25-24(17)27-21-14-19(3)26-22(15-21)20-7-5-11-29(16-20)23(31)9-13-30-12-8-18(2)28-30/h4,6,8,10,12,14-15,20H,5,7,9,11,13,16H2,1-3H3,(H,25,26,27)/t20-/m0/s1. The van der Waals surface area contributed by atoms with Gasteiger partial charge in [-0.2, -0.15) is 5.10 Å². The maximum absolute atomic E-state index is 12.8. The number of likely N-dealkylation sites (tertiary alicyclic amines) is 1. The van der Waals surface area contributed by atoms with Gasteiger partial charge in [0.05, 0.1) is 5.69 Å². The van der Waals surface area contributed by atoms with Crippen molar-refractivity contribution in [2.45, 2.75) is 52.5 Å². The van der Waals surface area contributed by atoms with Crippen LogP contribution in [0.4, 0.5) is 11.5 Å². The number of hydrogen-bond donors (Lipinski definition) is 1. The summed E-state index contributed by atoms with van der Waals surface area (Å²) in [6.07, 6.45) is 6.23. The topological polar surface area (TPSA) is 75.9 Å². The van der Waals surface area contributed by atoms with E-state index in [0.29, 0.717) is 13.0 Å². The van der Waals surface area contributed by atoms with E-state index in [0.717, 1.165) is 60.1 Å². The van der Waals surface area contributed by atoms with Gasteiger partial charge in [0.25, 0.3) is 0 Å². The zero-order valence-corrected chi connectivity index (χ0v) is 18.5. The van der Waals surface area contributed by atoms with Crippen LogP contribution in [0.5, 0.6) is 0 Å². The second-order valence-electron chi connectivity index (χ2n) is 8.37. The summed E-state index contributed by atoms with van der Waals surface area (Å²) in [4.78, 5) is 24.0. The van der Waals surface area contributed by atoms with E-state index in [-0.39, 0.29) is 11.8 Å². The second-order valence-corrected chi connectivity index (χ2v) is 8.37. The summed E-state index contributed by atoms with van der Waals surface area (Å²) in [5.74, 6) is 1.29. The van der Waals surface area contributed by atoms with E-state index in [1.165, 1.54) is 0 Å². The van der Waals surface area contributed by atoms with Crippen molar-refractivity contribution in [3.05, 3.63) is 65.4 Å². The number of rotatable bonds is 6. The fourth-order valence-electron chi connectivity index (χ4n) is 4.13. The summed E-state index contributed by atoms with van der Waals surface area (Å²) in [6.45, 7) is 8.17. The molecule has 1 saturated heterocycles. The van der Waals surface area contributed by atoms with Crippen molar-refractivity contribution in [3.8, 4) is 0 Å². The number of hydrogen-bond acceptors (Lipinski definition) is 5. The minimum absolute atomic E-state index is 0.188. The first-order chi connectivity index (χ1) is 15.0. The van der Waals surface area contributed by atoms with Gasteiger partial charge in [-0.05, 0) is 63.4 Å². The molecule has 1 fully saturated rings. The first kappa shape index (κ1) is 21.0. The van der Waals surface area contributed by atoms with E-state index in [1.807, 2.05) is 60.8 Å². The molecule has 0 unspecified atom stereocenters. The lowest BCUT2D eigenvalue weighted by Crippen LogP contribution is -2.39. The van der Waals surface area contributed by atoms with Gasteiger partial charge in [-0.1, -0.05) is 6.07 Å². The molecule has 1 amide bonds. The molecule has 3 aromatic rings. The lowest BCUT2D eigenvalue weighted by Gasteiger charge is -2.33. The van der Waals surface area contributed by atoms with Crippen LogP contribution < -0.4 is 5.32 Å². The second kappa shape index (κ2) is 9.29. The normalized spacial score (nSPS) is 16.4. The smallest absolute Gasteiger partial charge is 0.224 e. The monoisotopic (exact) mass is 418 g/mol. The lowest BCUT2D eigenvalue weighted by atomic mass is 9.93. The molecular weight excluding hydrogens is 388 g/mol. The van der Waals surface area contributed by atoms with E-state index in [2.05, 4.69) is 21.5 Å². The third-order valence-electron chi connectivity index (χ3n) is 5.77. The average Bonchev–Trinajstić information content (AvgIpc) is 3.18. The van der Waals surface area contributed by atoms with Crippen molar-refractivity contribution < 1.29 is 4.79 Å². The Labute approximate surface area is 183 Å². The quantitative estimate of drug-likeness (QED) is 0.651. The van der Waals surface area contributed by atoms with Crippen LogP contribution in [-0.2, 0) is 11.3 Å². The molecule has 4 rings (SSSR count). The van der Waals surface area contributed by atoms with E-state index >= 15 is 0 Å². The summed E-state index contributed by atoms with van der Waals surface area (Å²) in [5, 5.41) is 7.80. The number of pyridine rings is 2. The fraction of sp³-hybridized carbons (Fsp3) is 0.417. The molecule has 0 saturated carbocycles. The van der Waals surface area contributed by atoms with Crippen LogP contribution in [0, 0.1) is 20.8 Å². The highest BCUT2D eigenvalue weighted by Gasteiger charge is 2.26. The molecule has 0 aromatic carbocycles. The Kier molecular flexibility index (Phi) is 6.30.